The Bertz CT molecular complexity index is 136. The lowest BCUT2D eigenvalue weighted by atomic mass is 10.4. The number of unbranched alkanes of at least 4 members (excludes halogenated alkanes) is 1. The van der Waals surface area contributed by atoms with Gasteiger partial charge in [-0.2, -0.15) is 0 Å². The maximum atomic E-state index is 10.8. The minimum Gasteiger partial charge on any atom is -0.434 e. The summed E-state index contributed by atoms with van der Waals surface area (Å²) in [5.74, 6) is 0.0688. The molecule has 0 radical (unpaired) electrons. The summed E-state index contributed by atoms with van der Waals surface area (Å²) in [4.78, 5) is 10.8. The van der Waals surface area contributed by atoms with Gasteiger partial charge in [-0.1, -0.05) is 13.3 Å². The van der Waals surface area contributed by atoms with Crippen molar-refractivity contribution in [3.8, 4) is 0 Å². The molecule has 0 aromatic carbocycles. The van der Waals surface area contributed by atoms with E-state index in [2.05, 4.69) is 9.47 Å². The molecule has 13 heavy (non-hydrogen) atoms. The van der Waals surface area contributed by atoms with Gasteiger partial charge in [0.2, 0.25) is 0 Å². The monoisotopic (exact) mass is 210 g/mol. The summed E-state index contributed by atoms with van der Waals surface area (Å²) in [6, 6.07) is 0. The first-order valence-electron chi connectivity index (χ1n) is 4.24. The van der Waals surface area contributed by atoms with Gasteiger partial charge in [0.1, 0.15) is 6.10 Å². The maximum absolute atomic E-state index is 10.8. The van der Waals surface area contributed by atoms with Gasteiger partial charge in [-0.25, -0.2) is 4.79 Å². The molecule has 0 spiro atoms. The molecule has 4 nitrogen and oxygen atoms in total. The molecule has 78 valence electrons. The van der Waals surface area contributed by atoms with Crippen LogP contribution in [0.2, 0.25) is 0 Å². The van der Waals surface area contributed by atoms with Crippen molar-refractivity contribution in [2.75, 3.05) is 19.1 Å². The minimum absolute atomic E-state index is 0.0688. The van der Waals surface area contributed by atoms with Crippen molar-refractivity contribution in [1.29, 1.82) is 0 Å². The zero-order valence-electron chi connectivity index (χ0n) is 7.66. The molecule has 0 aliphatic carbocycles. The second-order valence-corrected chi connectivity index (χ2v) is 2.84. The van der Waals surface area contributed by atoms with E-state index in [0.717, 1.165) is 12.8 Å². The van der Waals surface area contributed by atoms with Crippen molar-refractivity contribution in [1.82, 2.24) is 0 Å². The van der Waals surface area contributed by atoms with Gasteiger partial charge in [-0.05, 0) is 6.42 Å². The van der Waals surface area contributed by atoms with Crippen LogP contribution in [0.5, 0.6) is 0 Å². The summed E-state index contributed by atoms with van der Waals surface area (Å²) in [7, 11) is 0. The van der Waals surface area contributed by atoms with Gasteiger partial charge < -0.3 is 14.6 Å². The second-order valence-electron chi connectivity index (χ2n) is 2.53. The Labute approximate surface area is 82.8 Å². The minimum atomic E-state index is -0.770. The molecule has 1 N–H and O–H groups in total. The van der Waals surface area contributed by atoms with Crippen LogP contribution in [0.1, 0.15) is 19.8 Å². The topological polar surface area (TPSA) is 55.8 Å². The molecule has 1 unspecified atom stereocenters. The Hall–Kier alpha value is -0.480. The molecule has 0 fully saturated rings. The molecule has 0 aliphatic rings. The number of aliphatic hydroxyl groups is 1. The standard InChI is InChI=1S/C8H15ClO4/c1-2-3-4-12-8(11)13-7(5-9)6-10/h7,10H,2-6H2,1H3. The van der Waals surface area contributed by atoms with Crippen molar-refractivity contribution in [2.24, 2.45) is 0 Å². The fraction of sp³-hybridized carbons (Fsp3) is 0.875. The van der Waals surface area contributed by atoms with Crippen LogP contribution >= 0.6 is 11.6 Å². The first-order valence-corrected chi connectivity index (χ1v) is 4.78. The third-order valence-electron chi connectivity index (χ3n) is 1.36. The summed E-state index contributed by atoms with van der Waals surface area (Å²) >= 11 is 5.38. The third kappa shape index (κ3) is 6.66. The molecule has 0 aromatic rings. The van der Waals surface area contributed by atoms with Crippen molar-refractivity contribution in [3.05, 3.63) is 0 Å². The van der Waals surface area contributed by atoms with Gasteiger partial charge in [0.25, 0.3) is 0 Å². The van der Waals surface area contributed by atoms with Gasteiger partial charge >= 0.3 is 6.16 Å². The van der Waals surface area contributed by atoms with Crippen LogP contribution < -0.4 is 0 Å². The average molecular weight is 211 g/mol. The van der Waals surface area contributed by atoms with E-state index in [1.54, 1.807) is 0 Å². The molecule has 0 saturated carbocycles. The molecule has 0 saturated heterocycles. The lowest BCUT2D eigenvalue weighted by Gasteiger charge is -2.11. The third-order valence-corrected chi connectivity index (χ3v) is 1.70. The molecule has 0 rings (SSSR count). The molecule has 0 bridgehead atoms. The van der Waals surface area contributed by atoms with Crippen LogP contribution in [0.15, 0.2) is 0 Å². The normalized spacial score (nSPS) is 12.2. The fourth-order valence-corrected chi connectivity index (χ4v) is 0.748. The average Bonchev–Trinajstić information content (AvgIpc) is 2.14. The zero-order chi connectivity index (χ0) is 10.1. The van der Waals surface area contributed by atoms with Crippen molar-refractivity contribution < 1.29 is 19.4 Å². The van der Waals surface area contributed by atoms with E-state index in [9.17, 15) is 4.79 Å². The lowest BCUT2D eigenvalue weighted by Crippen LogP contribution is -2.24. The lowest BCUT2D eigenvalue weighted by molar-refractivity contribution is 0.0107. The SMILES string of the molecule is CCCCOC(=O)OC(CO)CCl. The molecule has 0 aromatic heterocycles. The number of halogens is 1. The number of rotatable bonds is 6. The predicted octanol–water partition coefficient (Wildman–Crippen LogP) is 1.54. The summed E-state index contributed by atoms with van der Waals surface area (Å²) in [6.45, 7) is 2.05. The number of ether oxygens (including phenoxy) is 2. The Balaban J connectivity index is 3.48. The first-order chi connectivity index (χ1) is 6.24. The van der Waals surface area contributed by atoms with Crippen molar-refractivity contribution in [2.45, 2.75) is 25.9 Å². The number of alkyl halides is 1. The number of aliphatic hydroxyl groups excluding tert-OH is 1. The van der Waals surface area contributed by atoms with E-state index >= 15 is 0 Å². The summed E-state index contributed by atoms with van der Waals surface area (Å²) < 4.78 is 9.34. The molecule has 1 atom stereocenters. The zero-order valence-corrected chi connectivity index (χ0v) is 8.42. The Morgan fingerprint density at radius 1 is 1.62 bits per heavy atom. The number of carbonyl (C=O) groups excluding carboxylic acids is 1. The molecular weight excluding hydrogens is 196 g/mol. The van der Waals surface area contributed by atoms with Crippen LogP contribution in [0, 0.1) is 0 Å². The fourth-order valence-electron chi connectivity index (χ4n) is 0.588. The van der Waals surface area contributed by atoms with Crippen LogP contribution in [0.25, 0.3) is 0 Å². The number of hydrogen-bond acceptors (Lipinski definition) is 4. The predicted molar refractivity (Wildman–Crippen MR) is 48.9 cm³/mol. The summed E-state index contributed by atoms with van der Waals surface area (Å²) in [5, 5.41) is 8.63. The molecule has 5 heteroatoms. The molecule has 0 heterocycles. The number of hydrogen-bond donors (Lipinski definition) is 1. The Kier molecular flexibility index (Phi) is 7.83. The Morgan fingerprint density at radius 2 is 2.31 bits per heavy atom. The van der Waals surface area contributed by atoms with Crippen LogP contribution in [0.3, 0.4) is 0 Å². The smallest absolute Gasteiger partial charge is 0.434 e. The quantitative estimate of drug-likeness (QED) is 0.411. The highest BCUT2D eigenvalue weighted by atomic mass is 35.5. The van der Waals surface area contributed by atoms with Gasteiger partial charge in [0.15, 0.2) is 0 Å². The largest absolute Gasteiger partial charge is 0.508 e. The molecule has 0 amide bonds. The van der Waals surface area contributed by atoms with Gasteiger partial charge in [0, 0.05) is 0 Å². The van der Waals surface area contributed by atoms with E-state index in [1.165, 1.54) is 0 Å². The van der Waals surface area contributed by atoms with Gasteiger partial charge in [-0.15, -0.1) is 11.6 Å². The summed E-state index contributed by atoms with van der Waals surface area (Å²) in [6.07, 6.45) is 0.315. The van der Waals surface area contributed by atoms with Gasteiger partial charge in [-0.3, -0.25) is 0 Å². The Morgan fingerprint density at radius 3 is 2.77 bits per heavy atom. The maximum Gasteiger partial charge on any atom is 0.508 e. The second kappa shape index (κ2) is 8.13. The first kappa shape index (κ1) is 12.5. The van der Waals surface area contributed by atoms with Crippen LogP contribution in [-0.2, 0) is 9.47 Å². The summed E-state index contributed by atoms with van der Waals surface area (Å²) in [5.41, 5.74) is 0. The van der Waals surface area contributed by atoms with E-state index in [0.29, 0.717) is 6.61 Å². The molecular formula is C8H15ClO4. The van der Waals surface area contributed by atoms with Crippen LogP contribution in [0.4, 0.5) is 4.79 Å². The van der Waals surface area contributed by atoms with Crippen molar-refractivity contribution >= 4 is 17.8 Å². The highest BCUT2D eigenvalue weighted by Gasteiger charge is 2.12. The van der Waals surface area contributed by atoms with Crippen LogP contribution in [-0.4, -0.2) is 36.5 Å². The van der Waals surface area contributed by atoms with E-state index in [1.807, 2.05) is 6.92 Å². The highest BCUT2D eigenvalue weighted by Crippen LogP contribution is 1.98. The van der Waals surface area contributed by atoms with Gasteiger partial charge in [0.05, 0.1) is 19.1 Å². The van der Waals surface area contributed by atoms with E-state index in [-0.39, 0.29) is 12.5 Å². The van der Waals surface area contributed by atoms with Crippen molar-refractivity contribution in [3.63, 3.8) is 0 Å². The van der Waals surface area contributed by atoms with E-state index in [4.69, 9.17) is 16.7 Å². The molecule has 0 aliphatic heterocycles. The van der Waals surface area contributed by atoms with E-state index < -0.39 is 12.3 Å². The highest BCUT2D eigenvalue weighted by molar-refractivity contribution is 6.18. The number of carbonyl (C=O) groups is 1.